The molecule has 7 nitrogen and oxygen atoms in total. The van der Waals surface area contributed by atoms with Crippen molar-refractivity contribution >= 4 is 30.7 Å². The highest BCUT2D eigenvalue weighted by molar-refractivity contribution is 5.85. The van der Waals surface area contributed by atoms with E-state index in [1.54, 1.807) is 0 Å². The van der Waals surface area contributed by atoms with E-state index in [0.717, 1.165) is 56.8 Å². The van der Waals surface area contributed by atoms with Gasteiger partial charge in [0.05, 0.1) is 18.2 Å². The first-order valence-electron chi connectivity index (χ1n) is 9.67. The Morgan fingerprint density at radius 2 is 2.14 bits per heavy atom. The van der Waals surface area contributed by atoms with Gasteiger partial charge >= 0.3 is 0 Å². The molecule has 2 aliphatic heterocycles. The van der Waals surface area contributed by atoms with Gasteiger partial charge in [-0.2, -0.15) is 5.10 Å². The van der Waals surface area contributed by atoms with Crippen molar-refractivity contribution in [3.8, 4) is 0 Å². The van der Waals surface area contributed by atoms with Gasteiger partial charge in [0.25, 0.3) is 0 Å². The van der Waals surface area contributed by atoms with Gasteiger partial charge in [-0.15, -0.1) is 24.8 Å². The van der Waals surface area contributed by atoms with Crippen LogP contribution in [0.5, 0.6) is 0 Å². The summed E-state index contributed by atoms with van der Waals surface area (Å²) in [4.78, 5) is 19.8. The monoisotopic (exact) mass is 428 g/mol. The van der Waals surface area contributed by atoms with Crippen molar-refractivity contribution < 1.29 is 4.79 Å². The van der Waals surface area contributed by atoms with Crippen LogP contribution in [0.3, 0.4) is 0 Å². The molecule has 1 amide bonds. The second-order valence-corrected chi connectivity index (χ2v) is 7.50. The first kappa shape index (κ1) is 22.7. The molecule has 156 valence electrons. The fourth-order valence-corrected chi connectivity index (χ4v) is 4.49. The fourth-order valence-electron chi connectivity index (χ4n) is 4.49. The van der Waals surface area contributed by atoms with Gasteiger partial charge in [0.2, 0.25) is 5.91 Å². The Kier molecular flexibility index (Phi) is 7.92. The summed E-state index contributed by atoms with van der Waals surface area (Å²) in [6.07, 6.45) is 11.0. The van der Waals surface area contributed by atoms with E-state index in [9.17, 15) is 4.79 Å². The van der Waals surface area contributed by atoms with E-state index < -0.39 is 0 Å². The number of nitrogens with zero attached hydrogens (tertiary/aromatic N) is 5. The molecular formula is C19H30Cl2N6O. The normalized spacial score (nSPS) is 24.5. The molecule has 2 saturated heterocycles. The number of aromatic nitrogens is 4. The Bertz CT molecular complexity index is 776. The van der Waals surface area contributed by atoms with Gasteiger partial charge in [-0.3, -0.25) is 9.48 Å². The molecule has 1 unspecified atom stereocenters. The third-order valence-corrected chi connectivity index (χ3v) is 5.85. The molecule has 1 N–H and O–H groups in total. The van der Waals surface area contributed by atoms with Gasteiger partial charge in [-0.1, -0.05) is 6.92 Å². The largest absolute Gasteiger partial charge is 0.340 e. The molecule has 2 fully saturated rings. The molecule has 4 rings (SSSR count). The molecule has 0 aliphatic carbocycles. The first-order valence-corrected chi connectivity index (χ1v) is 9.67. The van der Waals surface area contributed by atoms with Crippen LogP contribution in [0, 0.1) is 5.92 Å². The maximum absolute atomic E-state index is 13.3. The molecule has 3 atom stereocenters. The molecule has 0 spiro atoms. The highest BCUT2D eigenvalue weighted by Gasteiger charge is 2.38. The predicted molar refractivity (Wildman–Crippen MR) is 113 cm³/mol. The van der Waals surface area contributed by atoms with Crippen molar-refractivity contribution in [3.63, 3.8) is 0 Å². The number of piperidine rings is 1. The molecule has 0 aromatic carbocycles. The average Bonchev–Trinajstić information content (AvgIpc) is 3.40. The van der Waals surface area contributed by atoms with Crippen LogP contribution in [0.1, 0.15) is 43.1 Å². The van der Waals surface area contributed by atoms with Crippen LogP contribution in [-0.4, -0.2) is 56.3 Å². The maximum Gasteiger partial charge on any atom is 0.227 e. The third-order valence-electron chi connectivity index (χ3n) is 5.85. The van der Waals surface area contributed by atoms with E-state index >= 15 is 0 Å². The molecule has 28 heavy (non-hydrogen) atoms. The number of amides is 1. The van der Waals surface area contributed by atoms with Crippen molar-refractivity contribution in [2.24, 2.45) is 13.0 Å². The zero-order chi connectivity index (χ0) is 18.1. The van der Waals surface area contributed by atoms with Crippen LogP contribution in [0.4, 0.5) is 0 Å². The van der Waals surface area contributed by atoms with Gasteiger partial charge in [-0.25, -0.2) is 4.98 Å². The number of hydrogen-bond acceptors (Lipinski definition) is 4. The number of halogens is 2. The second-order valence-electron chi connectivity index (χ2n) is 7.50. The number of imidazole rings is 1. The quantitative estimate of drug-likeness (QED) is 0.809. The summed E-state index contributed by atoms with van der Waals surface area (Å²) in [6.45, 7) is 5.39. The molecule has 2 aromatic rings. The lowest BCUT2D eigenvalue weighted by atomic mass is 9.89. The summed E-state index contributed by atoms with van der Waals surface area (Å²) in [5.41, 5.74) is 1.16. The lowest BCUT2D eigenvalue weighted by Crippen LogP contribution is -2.45. The Balaban J connectivity index is 0.00000140. The maximum atomic E-state index is 13.3. The molecule has 0 bridgehead atoms. The van der Waals surface area contributed by atoms with Crippen LogP contribution < -0.4 is 5.32 Å². The summed E-state index contributed by atoms with van der Waals surface area (Å²) in [7, 11) is 1.92. The first-order chi connectivity index (χ1) is 12.7. The van der Waals surface area contributed by atoms with Crippen molar-refractivity contribution in [3.05, 3.63) is 36.2 Å². The number of aryl methyl sites for hydroxylation is 2. The van der Waals surface area contributed by atoms with Gasteiger partial charge in [0.15, 0.2) is 0 Å². The van der Waals surface area contributed by atoms with E-state index in [0.29, 0.717) is 6.04 Å². The molecule has 2 aliphatic rings. The lowest BCUT2D eigenvalue weighted by Gasteiger charge is -2.36. The SMILES string of the molecule is CCc1nccn1C1CCCN(C(=O)[C@H]2CNC[C@@H]2c2cnn(C)c2)C1.Cl.Cl. The van der Waals surface area contributed by atoms with Crippen molar-refractivity contribution in [1.82, 2.24) is 29.5 Å². The number of likely N-dealkylation sites (tertiary alicyclic amines) is 1. The minimum Gasteiger partial charge on any atom is -0.340 e. The van der Waals surface area contributed by atoms with Crippen molar-refractivity contribution in [1.29, 1.82) is 0 Å². The fraction of sp³-hybridized carbons (Fsp3) is 0.632. The van der Waals surface area contributed by atoms with Crippen LogP contribution in [-0.2, 0) is 18.3 Å². The second kappa shape index (κ2) is 9.76. The van der Waals surface area contributed by atoms with Gasteiger partial charge in [0, 0.05) is 64.2 Å². The zero-order valence-electron chi connectivity index (χ0n) is 16.5. The summed E-state index contributed by atoms with van der Waals surface area (Å²) in [5.74, 6) is 1.62. The standard InChI is InChI=1S/C19H28N6O.2ClH/c1-3-18-21-6-8-25(18)15-5-4-7-24(13-15)19(26)17-11-20-10-16(17)14-9-22-23(2)12-14;;/h6,8-9,12,15-17,20H,3-5,7,10-11,13H2,1-2H3;2*1H/t15?,16-,17+;;/m1../s1. The van der Waals surface area contributed by atoms with Crippen LogP contribution in [0.2, 0.25) is 0 Å². The summed E-state index contributed by atoms with van der Waals surface area (Å²) in [5, 5.41) is 7.69. The summed E-state index contributed by atoms with van der Waals surface area (Å²) >= 11 is 0. The molecule has 4 heterocycles. The van der Waals surface area contributed by atoms with Gasteiger partial charge in [0.1, 0.15) is 5.82 Å². The van der Waals surface area contributed by atoms with E-state index in [4.69, 9.17) is 0 Å². The summed E-state index contributed by atoms with van der Waals surface area (Å²) < 4.78 is 4.09. The topological polar surface area (TPSA) is 68.0 Å². The van der Waals surface area contributed by atoms with E-state index in [-0.39, 0.29) is 42.6 Å². The van der Waals surface area contributed by atoms with Crippen molar-refractivity contribution in [2.45, 2.75) is 38.1 Å². The smallest absolute Gasteiger partial charge is 0.227 e. The molecule has 9 heteroatoms. The molecular weight excluding hydrogens is 399 g/mol. The minimum atomic E-state index is 0. The highest BCUT2D eigenvalue weighted by Crippen LogP contribution is 2.31. The third kappa shape index (κ3) is 4.36. The van der Waals surface area contributed by atoms with E-state index in [1.807, 2.05) is 30.3 Å². The van der Waals surface area contributed by atoms with Crippen LogP contribution >= 0.6 is 24.8 Å². The summed E-state index contributed by atoms with van der Waals surface area (Å²) in [6, 6.07) is 0.344. The van der Waals surface area contributed by atoms with E-state index in [2.05, 4.69) is 38.0 Å². The zero-order valence-corrected chi connectivity index (χ0v) is 18.1. The van der Waals surface area contributed by atoms with Gasteiger partial charge < -0.3 is 14.8 Å². The number of nitrogens with one attached hydrogen (secondary N) is 1. The van der Waals surface area contributed by atoms with Crippen LogP contribution in [0.15, 0.2) is 24.8 Å². The Labute approximate surface area is 178 Å². The van der Waals surface area contributed by atoms with E-state index in [1.165, 1.54) is 0 Å². The number of carbonyl (C=O) groups excluding carboxylic acids is 1. The Morgan fingerprint density at radius 3 is 2.86 bits per heavy atom. The molecule has 2 aromatic heterocycles. The Morgan fingerprint density at radius 1 is 1.32 bits per heavy atom. The molecule has 0 radical (unpaired) electrons. The van der Waals surface area contributed by atoms with Gasteiger partial charge in [-0.05, 0) is 18.4 Å². The minimum absolute atomic E-state index is 0. The number of hydrogen-bond donors (Lipinski definition) is 1. The highest BCUT2D eigenvalue weighted by atomic mass is 35.5. The lowest BCUT2D eigenvalue weighted by molar-refractivity contribution is -0.137. The van der Waals surface area contributed by atoms with Crippen LogP contribution in [0.25, 0.3) is 0 Å². The van der Waals surface area contributed by atoms with Crippen molar-refractivity contribution in [2.75, 3.05) is 26.2 Å². The number of carbonyl (C=O) groups is 1. The number of rotatable bonds is 4. The average molecular weight is 429 g/mol. The Hall–Kier alpha value is -1.57. The molecule has 0 saturated carbocycles. The predicted octanol–water partition coefficient (Wildman–Crippen LogP) is 2.19.